The number of benzene rings is 1. The first-order chi connectivity index (χ1) is 16.9. The van der Waals surface area contributed by atoms with Gasteiger partial charge >= 0.3 is 0 Å². The number of rotatable bonds is 6. The first-order valence-electron chi connectivity index (χ1n) is 11.9. The highest BCUT2D eigenvalue weighted by molar-refractivity contribution is 6.29. The Labute approximate surface area is 206 Å². The van der Waals surface area contributed by atoms with E-state index >= 15 is 0 Å². The van der Waals surface area contributed by atoms with Gasteiger partial charge in [0, 0.05) is 11.4 Å². The molecule has 2 saturated carbocycles. The van der Waals surface area contributed by atoms with Crippen molar-refractivity contribution in [3.05, 3.63) is 52.8 Å². The molecule has 10 heteroatoms. The number of nitrogens with one attached hydrogen (secondary N) is 1. The number of carbonyl (C=O) groups is 3. The number of hydrogen-bond donors (Lipinski definition) is 2. The lowest BCUT2D eigenvalue weighted by Crippen LogP contribution is -2.52. The normalized spacial score (nSPS) is 23.1. The third kappa shape index (κ3) is 3.93. The summed E-state index contributed by atoms with van der Waals surface area (Å²) in [7, 11) is 0. The second-order valence-electron chi connectivity index (χ2n) is 9.73. The minimum atomic E-state index is -0.624. The number of primary amides is 1. The molecule has 2 aromatic heterocycles. The Morgan fingerprint density at radius 1 is 1.11 bits per heavy atom. The SMILES string of the molecule is NC(=O)c1nn(CC(=O)N2C3CCC(C3)C2C(=O)Nc2cccc(Cl)n2)c2ccc(C3CC3)cc12. The monoisotopic (exact) mass is 492 g/mol. The van der Waals surface area contributed by atoms with Gasteiger partial charge in [-0.1, -0.05) is 23.7 Å². The quantitative estimate of drug-likeness (QED) is 0.512. The summed E-state index contributed by atoms with van der Waals surface area (Å²) in [5.74, 6) is -0.132. The van der Waals surface area contributed by atoms with Crippen molar-refractivity contribution in [3.8, 4) is 0 Å². The van der Waals surface area contributed by atoms with Gasteiger partial charge in [-0.15, -0.1) is 0 Å². The van der Waals surface area contributed by atoms with Gasteiger partial charge in [0.1, 0.15) is 23.6 Å². The Morgan fingerprint density at radius 2 is 1.94 bits per heavy atom. The summed E-state index contributed by atoms with van der Waals surface area (Å²) < 4.78 is 1.54. The topological polar surface area (TPSA) is 123 Å². The van der Waals surface area contributed by atoms with E-state index in [-0.39, 0.29) is 41.2 Å². The summed E-state index contributed by atoms with van der Waals surface area (Å²) in [6.07, 6.45) is 4.83. The second kappa shape index (κ2) is 8.34. The highest BCUT2D eigenvalue weighted by atomic mass is 35.5. The van der Waals surface area contributed by atoms with Crippen LogP contribution in [0.1, 0.15) is 54.1 Å². The van der Waals surface area contributed by atoms with E-state index in [2.05, 4.69) is 15.4 Å². The number of hydrogen-bond acceptors (Lipinski definition) is 5. The molecule has 35 heavy (non-hydrogen) atoms. The molecule has 9 nitrogen and oxygen atoms in total. The van der Waals surface area contributed by atoms with Crippen molar-refractivity contribution in [2.45, 2.75) is 56.7 Å². The number of pyridine rings is 1. The van der Waals surface area contributed by atoms with E-state index in [1.807, 2.05) is 18.2 Å². The molecule has 0 radical (unpaired) electrons. The van der Waals surface area contributed by atoms with Crippen LogP contribution in [0.5, 0.6) is 0 Å². The number of piperidine rings is 1. The van der Waals surface area contributed by atoms with Gasteiger partial charge in [-0.05, 0) is 73.8 Å². The summed E-state index contributed by atoms with van der Waals surface area (Å²) in [5.41, 5.74) is 7.62. The van der Waals surface area contributed by atoms with Crippen molar-refractivity contribution < 1.29 is 14.4 Å². The molecular formula is C25H25ClN6O3. The third-order valence-electron chi connectivity index (χ3n) is 7.45. The van der Waals surface area contributed by atoms with Crippen LogP contribution < -0.4 is 11.1 Å². The van der Waals surface area contributed by atoms with Crippen LogP contribution >= 0.6 is 11.6 Å². The zero-order chi connectivity index (χ0) is 24.3. The molecule has 1 saturated heterocycles. The molecule has 0 spiro atoms. The van der Waals surface area contributed by atoms with Gasteiger partial charge in [-0.25, -0.2) is 4.98 Å². The van der Waals surface area contributed by atoms with Crippen LogP contribution in [0.15, 0.2) is 36.4 Å². The van der Waals surface area contributed by atoms with E-state index in [1.54, 1.807) is 23.1 Å². The molecule has 3 fully saturated rings. The third-order valence-corrected chi connectivity index (χ3v) is 7.66. The molecule has 3 N–H and O–H groups in total. The van der Waals surface area contributed by atoms with E-state index in [1.165, 1.54) is 4.68 Å². The fourth-order valence-corrected chi connectivity index (χ4v) is 5.91. The number of nitrogens with two attached hydrogens (primary N) is 1. The summed E-state index contributed by atoms with van der Waals surface area (Å²) in [5, 5.41) is 8.17. The highest BCUT2D eigenvalue weighted by Gasteiger charge is 2.51. The molecule has 3 amide bonds. The first-order valence-corrected chi connectivity index (χ1v) is 12.3. The fourth-order valence-electron chi connectivity index (χ4n) is 5.74. The van der Waals surface area contributed by atoms with E-state index < -0.39 is 11.9 Å². The van der Waals surface area contributed by atoms with Gasteiger partial charge in [0.05, 0.1) is 5.52 Å². The van der Waals surface area contributed by atoms with Crippen LogP contribution in [0, 0.1) is 5.92 Å². The average molecular weight is 493 g/mol. The number of aromatic nitrogens is 3. The molecule has 1 aromatic carbocycles. The number of halogens is 1. The number of carbonyl (C=O) groups excluding carboxylic acids is 3. The lowest BCUT2D eigenvalue weighted by Gasteiger charge is -2.34. The number of anilines is 1. The standard InChI is InChI=1S/C25H25ClN6O3/c26-19-2-1-3-20(28-19)29-25(35)23-15-6-8-16(10-15)32(23)21(33)12-31-18-9-7-14(13-4-5-13)11-17(18)22(30-31)24(27)34/h1-3,7,9,11,13,15-16,23H,4-6,8,10,12H2,(H2,27,34)(H,28,29,35). The van der Waals surface area contributed by atoms with Crippen LogP contribution in [0.25, 0.3) is 10.9 Å². The summed E-state index contributed by atoms with van der Waals surface area (Å²) in [6.45, 7) is -0.0744. The lowest BCUT2D eigenvalue weighted by atomic mass is 9.97. The zero-order valence-electron chi connectivity index (χ0n) is 19.0. The van der Waals surface area contributed by atoms with Crippen molar-refractivity contribution in [1.29, 1.82) is 0 Å². The van der Waals surface area contributed by atoms with Crippen LogP contribution in [0.4, 0.5) is 5.82 Å². The van der Waals surface area contributed by atoms with Crippen LogP contribution in [0.2, 0.25) is 5.15 Å². The van der Waals surface area contributed by atoms with Gasteiger partial charge in [-0.3, -0.25) is 19.1 Å². The predicted molar refractivity (Wildman–Crippen MR) is 130 cm³/mol. The number of fused-ring (bicyclic) bond motifs is 3. The molecule has 3 unspecified atom stereocenters. The number of likely N-dealkylation sites (tertiary alicyclic amines) is 1. The smallest absolute Gasteiger partial charge is 0.269 e. The highest BCUT2D eigenvalue weighted by Crippen LogP contribution is 2.43. The molecule has 2 aliphatic carbocycles. The van der Waals surface area contributed by atoms with Crippen LogP contribution in [-0.4, -0.2) is 49.5 Å². The molecule has 2 bridgehead atoms. The maximum atomic E-state index is 13.6. The molecule has 3 heterocycles. The molecule has 3 aliphatic rings. The van der Waals surface area contributed by atoms with Gasteiger partial charge in [0.25, 0.3) is 5.91 Å². The van der Waals surface area contributed by atoms with E-state index in [0.717, 1.165) is 37.7 Å². The van der Waals surface area contributed by atoms with Gasteiger partial charge in [0.2, 0.25) is 11.8 Å². The minimum absolute atomic E-state index is 0.00877. The maximum Gasteiger partial charge on any atom is 0.269 e. The minimum Gasteiger partial charge on any atom is -0.364 e. The van der Waals surface area contributed by atoms with E-state index in [4.69, 9.17) is 17.3 Å². The van der Waals surface area contributed by atoms with Crippen molar-refractivity contribution in [1.82, 2.24) is 19.7 Å². The average Bonchev–Trinajstić information content (AvgIpc) is 3.32. The Morgan fingerprint density at radius 3 is 2.69 bits per heavy atom. The van der Waals surface area contributed by atoms with Crippen LogP contribution in [0.3, 0.4) is 0 Å². The first kappa shape index (κ1) is 22.0. The molecule has 3 aromatic rings. The maximum absolute atomic E-state index is 13.6. The predicted octanol–water partition coefficient (Wildman–Crippen LogP) is 3.08. The molecule has 1 aliphatic heterocycles. The summed E-state index contributed by atoms with van der Waals surface area (Å²) in [6, 6.07) is 10.3. The zero-order valence-corrected chi connectivity index (χ0v) is 19.7. The number of nitrogens with zero attached hydrogens (tertiary/aromatic N) is 4. The molecule has 3 atom stereocenters. The lowest BCUT2D eigenvalue weighted by molar-refractivity contribution is -0.141. The number of amides is 3. The van der Waals surface area contributed by atoms with Gasteiger partial charge < -0.3 is 16.0 Å². The van der Waals surface area contributed by atoms with Gasteiger partial charge in [0.15, 0.2) is 5.69 Å². The van der Waals surface area contributed by atoms with Crippen molar-refractivity contribution >= 4 is 46.0 Å². The Bertz CT molecular complexity index is 1370. The van der Waals surface area contributed by atoms with E-state index in [9.17, 15) is 14.4 Å². The molecule has 180 valence electrons. The Kier molecular flexibility index (Phi) is 5.25. The Hall–Kier alpha value is -3.46. The molecular weight excluding hydrogens is 468 g/mol. The van der Waals surface area contributed by atoms with Crippen molar-refractivity contribution in [3.63, 3.8) is 0 Å². The van der Waals surface area contributed by atoms with Crippen LogP contribution in [-0.2, 0) is 16.1 Å². The fraction of sp³-hybridized carbons (Fsp3) is 0.400. The van der Waals surface area contributed by atoms with Crippen molar-refractivity contribution in [2.24, 2.45) is 11.7 Å². The van der Waals surface area contributed by atoms with Gasteiger partial charge in [-0.2, -0.15) is 5.10 Å². The largest absolute Gasteiger partial charge is 0.364 e. The summed E-state index contributed by atoms with van der Waals surface area (Å²) in [4.78, 5) is 44.7. The Balaban J connectivity index is 1.27. The second-order valence-corrected chi connectivity index (χ2v) is 10.1. The summed E-state index contributed by atoms with van der Waals surface area (Å²) >= 11 is 5.95. The molecule has 6 rings (SSSR count). The van der Waals surface area contributed by atoms with E-state index in [0.29, 0.717) is 22.6 Å². The van der Waals surface area contributed by atoms with Crippen molar-refractivity contribution in [2.75, 3.05) is 5.32 Å².